The summed E-state index contributed by atoms with van der Waals surface area (Å²) in [4.78, 5) is 9.92. The molecule has 4 rings (SSSR count). The van der Waals surface area contributed by atoms with E-state index in [0.29, 0.717) is 31.9 Å². The lowest BCUT2D eigenvalue weighted by Gasteiger charge is -2.33. The fourth-order valence-electron chi connectivity index (χ4n) is 2.86. The Morgan fingerprint density at radius 2 is 1.92 bits per heavy atom. The maximum absolute atomic E-state index is 12.4. The molecular weight excluding hydrogens is 330 g/mol. The summed E-state index contributed by atoms with van der Waals surface area (Å²) in [7, 11) is -3.38. The third-order valence-corrected chi connectivity index (χ3v) is 5.94. The summed E-state index contributed by atoms with van der Waals surface area (Å²) in [6, 6.07) is 9.40. The highest BCUT2D eigenvalue weighted by atomic mass is 32.2. The van der Waals surface area contributed by atoms with Crippen LogP contribution in [0.25, 0.3) is 11.0 Å². The molecule has 9 heteroatoms. The number of fused-ring (bicyclic) bond motifs is 1. The number of hydrogen-bond acceptors (Lipinski definition) is 6. The molecule has 2 aromatic heterocycles. The number of aromatic nitrogens is 3. The first-order valence-electron chi connectivity index (χ1n) is 7.69. The molecule has 0 radical (unpaired) electrons. The van der Waals surface area contributed by atoms with Crippen LogP contribution in [-0.4, -0.2) is 54.0 Å². The third kappa shape index (κ3) is 2.87. The van der Waals surface area contributed by atoms with Gasteiger partial charge in [-0.05, 0) is 12.1 Å². The Hall–Kier alpha value is -2.39. The van der Waals surface area contributed by atoms with Crippen LogP contribution in [-0.2, 0) is 15.8 Å². The highest BCUT2D eigenvalue weighted by Gasteiger charge is 2.28. The Morgan fingerprint density at radius 1 is 1.12 bits per heavy atom. The number of benzene rings is 1. The van der Waals surface area contributed by atoms with E-state index in [9.17, 15) is 8.42 Å². The second-order valence-electron chi connectivity index (χ2n) is 5.71. The quantitative estimate of drug-likeness (QED) is 0.762. The molecule has 0 amide bonds. The average Bonchev–Trinajstić information content (AvgIpc) is 3.23. The summed E-state index contributed by atoms with van der Waals surface area (Å²) in [6.07, 6.45) is 1.38. The molecule has 0 saturated carbocycles. The molecule has 0 atom stereocenters. The summed E-state index contributed by atoms with van der Waals surface area (Å²) in [6.45, 7) is 2.05. The van der Waals surface area contributed by atoms with Crippen LogP contribution in [0.4, 0.5) is 5.95 Å². The summed E-state index contributed by atoms with van der Waals surface area (Å²) in [5.74, 6) is 0.651. The molecule has 1 aliphatic rings. The molecule has 1 aromatic carbocycles. The minimum absolute atomic E-state index is 0.131. The van der Waals surface area contributed by atoms with Crippen molar-refractivity contribution in [2.45, 2.75) is 5.75 Å². The predicted molar refractivity (Wildman–Crippen MR) is 89.0 cm³/mol. The summed E-state index contributed by atoms with van der Waals surface area (Å²) >= 11 is 0. The molecule has 0 spiro atoms. The maximum atomic E-state index is 12.4. The summed E-state index contributed by atoms with van der Waals surface area (Å²) < 4.78 is 31.1. The molecule has 24 heavy (non-hydrogen) atoms. The van der Waals surface area contributed by atoms with Crippen molar-refractivity contribution in [3.63, 3.8) is 0 Å². The van der Waals surface area contributed by atoms with E-state index in [1.807, 2.05) is 24.3 Å². The van der Waals surface area contributed by atoms with Crippen molar-refractivity contribution in [2.24, 2.45) is 0 Å². The lowest BCUT2D eigenvalue weighted by atomic mass is 10.3. The zero-order valence-corrected chi connectivity index (χ0v) is 13.7. The van der Waals surface area contributed by atoms with E-state index < -0.39 is 10.0 Å². The number of aromatic amines is 1. The van der Waals surface area contributed by atoms with E-state index in [1.165, 1.54) is 10.6 Å². The highest BCUT2D eigenvalue weighted by molar-refractivity contribution is 7.88. The fraction of sp³-hybridized carbons (Fsp3) is 0.333. The van der Waals surface area contributed by atoms with Gasteiger partial charge in [0.15, 0.2) is 0 Å². The first-order valence-corrected chi connectivity index (χ1v) is 9.29. The Bertz CT molecular complexity index is 894. The van der Waals surface area contributed by atoms with Gasteiger partial charge in [-0.25, -0.2) is 13.4 Å². The molecule has 126 valence electrons. The molecule has 0 unspecified atom stereocenters. The van der Waals surface area contributed by atoms with E-state index in [4.69, 9.17) is 4.52 Å². The van der Waals surface area contributed by atoms with Gasteiger partial charge in [0.1, 0.15) is 12.0 Å². The van der Waals surface area contributed by atoms with Crippen LogP contribution in [0.2, 0.25) is 0 Å². The Morgan fingerprint density at radius 3 is 2.62 bits per heavy atom. The van der Waals surface area contributed by atoms with Crippen molar-refractivity contribution in [1.82, 2.24) is 19.4 Å². The van der Waals surface area contributed by atoms with Crippen molar-refractivity contribution in [1.29, 1.82) is 0 Å². The van der Waals surface area contributed by atoms with E-state index in [2.05, 4.69) is 20.0 Å². The largest absolute Gasteiger partial charge is 0.364 e. The van der Waals surface area contributed by atoms with Gasteiger partial charge < -0.3 is 14.4 Å². The van der Waals surface area contributed by atoms with Gasteiger partial charge in [0.05, 0.1) is 16.7 Å². The van der Waals surface area contributed by atoms with E-state index in [0.717, 1.165) is 17.0 Å². The normalized spacial score (nSPS) is 16.8. The highest BCUT2D eigenvalue weighted by Crippen LogP contribution is 2.20. The first-order chi connectivity index (χ1) is 11.6. The van der Waals surface area contributed by atoms with Gasteiger partial charge in [-0.1, -0.05) is 17.3 Å². The monoisotopic (exact) mass is 347 g/mol. The van der Waals surface area contributed by atoms with Crippen molar-refractivity contribution in [3.05, 3.63) is 42.3 Å². The Labute approximate surface area is 139 Å². The van der Waals surface area contributed by atoms with E-state index >= 15 is 0 Å². The van der Waals surface area contributed by atoms with Gasteiger partial charge in [0.25, 0.3) is 0 Å². The van der Waals surface area contributed by atoms with Crippen LogP contribution in [0.1, 0.15) is 5.69 Å². The molecule has 0 aliphatic carbocycles. The fourth-order valence-corrected chi connectivity index (χ4v) is 4.28. The zero-order chi connectivity index (χ0) is 16.6. The van der Waals surface area contributed by atoms with Gasteiger partial charge in [-0.15, -0.1) is 0 Å². The first kappa shape index (κ1) is 15.2. The number of rotatable bonds is 4. The molecule has 1 fully saturated rings. The molecule has 3 heterocycles. The van der Waals surface area contributed by atoms with Crippen molar-refractivity contribution >= 4 is 27.0 Å². The van der Waals surface area contributed by atoms with Crippen LogP contribution in [0.15, 0.2) is 41.1 Å². The summed E-state index contributed by atoms with van der Waals surface area (Å²) in [5, 5.41) is 3.68. The molecule has 0 bridgehead atoms. The number of nitrogens with zero attached hydrogens (tertiary/aromatic N) is 4. The van der Waals surface area contributed by atoms with Crippen LogP contribution in [0.3, 0.4) is 0 Å². The minimum atomic E-state index is -3.38. The van der Waals surface area contributed by atoms with Crippen LogP contribution < -0.4 is 4.90 Å². The van der Waals surface area contributed by atoms with Gasteiger partial charge in [0.2, 0.25) is 16.0 Å². The number of H-pyrrole nitrogens is 1. The Balaban J connectivity index is 1.44. The minimum Gasteiger partial charge on any atom is -0.364 e. The van der Waals surface area contributed by atoms with Crippen molar-refractivity contribution in [2.75, 3.05) is 31.1 Å². The van der Waals surface area contributed by atoms with Gasteiger partial charge in [-0.3, -0.25) is 0 Å². The van der Waals surface area contributed by atoms with Crippen molar-refractivity contribution < 1.29 is 12.9 Å². The smallest absolute Gasteiger partial charge is 0.220 e. The molecule has 1 aliphatic heterocycles. The van der Waals surface area contributed by atoms with E-state index in [1.54, 1.807) is 6.07 Å². The molecule has 1 saturated heterocycles. The van der Waals surface area contributed by atoms with Crippen LogP contribution in [0, 0.1) is 0 Å². The van der Waals surface area contributed by atoms with Gasteiger partial charge >= 0.3 is 0 Å². The third-order valence-electron chi connectivity index (χ3n) is 4.13. The number of anilines is 1. The van der Waals surface area contributed by atoms with Crippen LogP contribution >= 0.6 is 0 Å². The number of nitrogens with one attached hydrogen (secondary N) is 1. The summed E-state index contributed by atoms with van der Waals surface area (Å²) in [5.41, 5.74) is 2.32. The lowest BCUT2D eigenvalue weighted by molar-refractivity contribution is 0.380. The maximum Gasteiger partial charge on any atom is 0.220 e. The van der Waals surface area contributed by atoms with Crippen molar-refractivity contribution in [3.8, 4) is 0 Å². The number of imidazole rings is 1. The zero-order valence-electron chi connectivity index (χ0n) is 12.9. The topological polar surface area (TPSA) is 95.3 Å². The van der Waals surface area contributed by atoms with Gasteiger partial charge in [-0.2, -0.15) is 4.31 Å². The number of para-hydroxylation sites is 2. The standard InChI is InChI=1S/C15H17N5O3S/c21-24(22,11-12-5-10-23-18-12)20-8-6-19(7-9-20)15-16-13-3-1-2-4-14(13)17-15/h1-5,10H,6-9,11H2,(H,16,17). The SMILES string of the molecule is O=S(=O)(Cc1ccon1)N1CCN(c2nc3ccccc3[nH]2)CC1. The molecular formula is C15H17N5O3S. The Kier molecular flexibility index (Phi) is 3.73. The average molecular weight is 347 g/mol. The number of piperazine rings is 1. The van der Waals surface area contributed by atoms with Crippen LogP contribution in [0.5, 0.6) is 0 Å². The van der Waals surface area contributed by atoms with E-state index in [-0.39, 0.29) is 5.75 Å². The van der Waals surface area contributed by atoms with Gasteiger partial charge in [0, 0.05) is 32.2 Å². The second kappa shape index (κ2) is 5.91. The lowest BCUT2D eigenvalue weighted by Crippen LogP contribution is -2.49. The predicted octanol–water partition coefficient (Wildman–Crippen LogP) is 1.20. The molecule has 3 aromatic rings. The number of hydrogen-bond donors (Lipinski definition) is 1. The molecule has 1 N–H and O–H groups in total. The number of sulfonamides is 1. The molecule has 8 nitrogen and oxygen atoms in total. The second-order valence-corrected chi connectivity index (χ2v) is 7.68.